The maximum Gasteiger partial charge on any atom is 0.246 e. The summed E-state index contributed by atoms with van der Waals surface area (Å²) in [6, 6.07) is 9.49. The van der Waals surface area contributed by atoms with Crippen LogP contribution in [-0.2, 0) is 10.3 Å². The summed E-state index contributed by atoms with van der Waals surface area (Å²) in [6.07, 6.45) is 1.85. The topological polar surface area (TPSA) is 85.2 Å². The lowest BCUT2D eigenvalue weighted by Crippen LogP contribution is -2.53. The highest BCUT2D eigenvalue weighted by atomic mass is 16.5. The molecule has 6 nitrogen and oxygen atoms in total. The van der Waals surface area contributed by atoms with Crippen molar-refractivity contribution < 1.29 is 9.32 Å². The van der Waals surface area contributed by atoms with Gasteiger partial charge in [-0.1, -0.05) is 35.5 Å². The molecule has 0 bridgehead atoms. The molecule has 3 rings (SSSR count). The number of aryl methyl sites for hydroxylation is 1. The van der Waals surface area contributed by atoms with Crippen molar-refractivity contribution in [1.29, 1.82) is 0 Å². The van der Waals surface area contributed by atoms with E-state index in [9.17, 15) is 4.79 Å². The molecule has 2 N–H and O–H groups in total. The highest BCUT2D eigenvalue weighted by Gasteiger charge is 2.37. The third-order valence-electron chi connectivity index (χ3n) is 4.42. The van der Waals surface area contributed by atoms with E-state index in [2.05, 4.69) is 10.1 Å². The van der Waals surface area contributed by atoms with Crippen LogP contribution in [0.15, 0.2) is 34.9 Å². The van der Waals surface area contributed by atoms with Gasteiger partial charge in [0.05, 0.1) is 5.92 Å². The molecule has 0 aliphatic carbocycles. The molecule has 1 aliphatic heterocycles. The van der Waals surface area contributed by atoms with Gasteiger partial charge in [0.2, 0.25) is 11.8 Å². The van der Waals surface area contributed by atoms with E-state index in [-0.39, 0.29) is 11.8 Å². The molecule has 2 atom stereocenters. The SMILES string of the molecule is Cc1noc(C2CCCN(C(=O)C(C)(N)c3ccccc3)C2)n1. The van der Waals surface area contributed by atoms with E-state index in [4.69, 9.17) is 10.3 Å². The minimum absolute atomic E-state index is 0.0652. The van der Waals surface area contributed by atoms with Crippen LogP contribution in [0.3, 0.4) is 0 Å². The van der Waals surface area contributed by atoms with Crippen molar-refractivity contribution >= 4 is 5.91 Å². The predicted molar refractivity (Wildman–Crippen MR) is 85.6 cm³/mol. The molecule has 0 saturated carbocycles. The summed E-state index contributed by atoms with van der Waals surface area (Å²) < 4.78 is 5.27. The van der Waals surface area contributed by atoms with Gasteiger partial charge in [0, 0.05) is 13.1 Å². The highest BCUT2D eigenvalue weighted by Crippen LogP contribution is 2.29. The lowest BCUT2D eigenvalue weighted by molar-refractivity contribution is -0.138. The second-order valence-corrected chi connectivity index (χ2v) is 6.34. The average Bonchev–Trinajstić information content (AvgIpc) is 3.01. The Balaban J connectivity index is 1.77. The molecule has 2 heterocycles. The summed E-state index contributed by atoms with van der Waals surface area (Å²) in [5.74, 6) is 1.25. The van der Waals surface area contributed by atoms with E-state index in [1.807, 2.05) is 35.2 Å². The molecule has 2 aromatic rings. The number of benzene rings is 1. The lowest BCUT2D eigenvalue weighted by atomic mass is 9.89. The Morgan fingerprint density at radius 3 is 2.78 bits per heavy atom. The summed E-state index contributed by atoms with van der Waals surface area (Å²) in [4.78, 5) is 19.1. The van der Waals surface area contributed by atoms with E-state index in [0.29, 0.717) is 24.8 Å². The fraction of sp³-hybridized carbons (Fsp3) is 0.471. The van der Waals surface area contributed by atoms with Crippen LogP contribution in [-0.4, -0.2) is 34.0 Å². The van der Waals surface area contributed by atoms with E-state index >= 15 is 0 Å². The smallest absolute Gasteiger partial charge is 0.246 e. The highest BCUT2D eigenvalue weighted by molar-refractivity contribution is 5.87. The first-order chi connectivity index (χ1) is 11.0. The lowest BCUT2D eigenvalue weighted by Gasteiger charge is -2.36. The van der Waals surface area contributed by atoms with Gasteiger partial charge in [0.25, 0.3) is 0 Å². The van der Waals surface area contributed by atoms with Crippen LogP contribution < -0.4 is 5.73 Å². The number of piperidine rings is 1. The van der Waals surface area contributed by atoms with Gasteiger partial charge in [-0.3, -0.25) is 4.79 Å². The first-order valence-electron chi connectivity index (χ1n) is 7.92. The fourth-order valence-corrected chi connectivity index (χ4v) is 3.08. The van der Waals surface area contributed by atoms with E-state index < -0.39 is 5.54 Å². The number of rotatable bonds is 3. The predicted octanol–water partition coefficient (Wildman–Crippen LogP) is 1.96. The van der Waals surface area contributed by atoms with Gasteiger partial charge < -0.3 is 15.2 Å². The molecule has 1 amide bonds. The van der Waals surface area contributed by atoms with E-state index in [1.54, 1.807) is 13.8 Å². The molecule has 2 unspecified atom stereocenters. The van der Waals surface area contributed by atoms with Crippen LogP contribution in [0.4, 0.5) is 0 Å². The van der Waals surface area contributed by atoms with E-state index in [0.717, 1.165) is 18.4 Å². The summed E-state index contributed by atoms with van der Waals surface area (Å²) in [7, 11) is 0. The Morgan fingerprint density at radius 2 is 2.13 bits per heavy atom. The van der Waals surface area contributed by atoms with Crippen LogP contribution in [0, 0.1) is 6.92 Å². The standard InChI is InChI=1S/C17H22N4O2/c1-12-19-15(23-20-12)13-7-6-10-21(11-13)16(22)17(2,18)14-8-4-3-5-9-14/h3-5,8-9,13H,6-7,10-11,18H2,1-2H3. The van der Waals surface area contributed by atoms with Crippen molar-refractivity contribution in [2.75, 3.05) is 13.1 Å². The monoisotopic (exact) mass is 314 g/mol. The van der Waals surface area contributed by atoms with Crippen molar-refractivity contribution in [1.82, 2.24) is 15.0 Å². The Labute approximate surface area is 135 Å². The third kappa shape index (κ3) is 3.12. The van der Waals surface area contributed by atoms with Crippen LogP contribution in [0.5, 0.6) is 0 Å². The Hall–Kier alpha value is -2.21. The number of hydrogen-bond donors (Lipinski definition) is 1. The second kappa shape index (κ2) is 6.12. The molecule has 1 aliphatic rings. The van der Waals surface area contributed by atoms with Gasteiger partial charge in [0.15, 0.2) is 5.82 Å². The average molecular weight is 314 g/mol. The molecule has 1 aromatic heterocycles. The molecule has 23 heavy (non-hydrogen) atoms. The van der Waals surface area contributed by atoms with Crippen molar-refractivity contribution in [3.05, 3.63) is 47.6 Å². The maximum atomic E-state index is 12.9. The normalized spacial score (nSPS) is 21.0. The van der Waals surface area contributed by atoms with Crippen LogP contribution in [0.25, 0.3) is 0 Å². The first-order valence-corrected chi connectivity index (χ1v) is 7.92. The summed E-state index contributed by atoms with van der Waals surface area (Å²) >= 11 is 0. The number of likely N-dealkylation sites (tertiary alicyclic amines) is 1. The maximum absolute atomic E-state index is 12.9. The zero-order chi connectivity index (χ0) is 16.4. The van der Waals surface area contributed by atoms with Gasteiger partial charge in [-0.25, -0.2) is 0 Å². The zero-order valence-electron chi connectivity index (χ0n) is 13.5. The van der Waals surface area contributed by atoms with Crippen molar-refractivity contribution in [3.8, 4) is 0 Å². The Bertz CT molecular complexity index is 681. The Kier molecular flexibility index (Phi) is 4.17. The van der Waals surface area contributed by atoms with E-state index in [1.165, 1.54) is 0 Å². The van der Waals surface area contributed by atoms with Gasteiger partial charge >= 0.3 is 0 Å². The quantitative estimate of drug-likeness (QED) is 0.936. The van der Waals surface area contributed by atoms with Crippen LogP contribution in [0.1, 0.15) is 43.0 Å². The van der Waals surface area contributed by atoms with Gasteiger partial charge in [-0.2, -0.15) is 4.98 Å². The van der Waals surface area contributed by atoms with Gasteiger partial charge in [-0.05, 0) is 32.3 Å². The van der Waals surface area contributed by atoms with Crippen molar-refractivity contribution in [2.45, 2.75) is 38.1 Å². The number of aromatic nitrogens is 2. The molecule has 1 saturated heterocycles. The summed E-state index contributed by atoms with van der Waals surface area (Å²) in [5.41, 5.74) is 6.14. The molecule has 122 valence electrons. The molecule has 0 spiro atoms. The number of carbonyl (C=O) groups is 1. The van der Waals surface area contributed by atoms with Crippen LogP contribution in [0.2, 0.25) is 0 Å². The minimum atomic E-state index is -1.03. The zero-order valence-corrected chi connectivity index (χ0v) is 13.5. The van der Waals surface area contributed by atoms with Crippen molar-refractivity contribution in [3.63, 3.8) is 0 Å². The summed E-state index contributed by atoms with van der Waals surface area (Å²) in [5, 5.41) is 3.84. The molecule has 0 radical (unpaired) electrons. The summed E-state index contributed by atoms with van der Waals surface area (Å²) in [6.45, 7) is 4.85. The number of nitrogens with zero attached hydrogens (tertiary/aromatic N) is 3. The van der Waals surface area contributed by atoms with Gasteiger partial charge in [-0.15, -0.1) is 0 Å². The molecular weight excluding hydrogens is 292 g/mol. The van der Waals surface area contributed by atoms with Crippen LogP contribution >= 0.6 is 0 Å². The second-order valence-electron chi connectivity index (χ2n) is 6.34. The minimum Gasteiger partial charge on any atom is -0.340 e. The third-order valence-corrected chi connectivity index (χ3v) is 4.42. The first kappa shape index (κ1) is 15.7. The van der Waals surface area contributed by atoms with Gasteiger partial charge in [0.1, 0.15) is 5.54 Å². The molecule has 1 fully saturated rings. The number of amides is 1. The molecule has 1 aromatic carbocycles. The van der Waals surface area contributed by atoms with Crippen molar-refractivity contribution in [2.24, 2.45) is 5.73 Å². The number of hydrogen-bond acceptors (Lipinski definition) is 5. The Morgan fingerprint density at radius 1 is 1.39 bits per heavy atom. The molecule has 6 heteroatoms. The largest absolute Gasteiger partial charge is 0.340 e. The molecular formula is C17H22N4O2. The fourth-order valence-electron chi connectivity index (χ4n) is 3.08. The number of nitrogens with two attached hydrogens (primary N) is 1. The number of carbonyl (C=O) groups excluding carboxylic acids is 1.